The summed E-state index contributed by atoms with van der Waals surface area (Å²) in [5.41, 5.74) is 3.58. The zero-order chi connectivity index (χ0) is 21.9. The molecule has 3 rings (SSSR count). The van der Waals surface area contributed by atoms with Gasteiger partial charge >= 0.3 is 0 Å². The summed E-state index contributed by atoms with van der Waals surface area (Å²) in [6.07, 6.45) is 4.62. The van der Waals surface area contributed by atoms with Crippen molar-refractivity contribution in [1.29, 1.82) is 0 Å². The number of hydrogen-bond acceptors (Lipinski definition) is 4. The number of nitrogens with one attached hydrogen (secondary N) is 2. The molecule has 0 atom stereocenters. The molecule has 2 aromatic carbocycles. The van der Waals surface area contributed by atoms with Crippen molar-refractivity contribution in [3.05, 3.63) is 77.6 Å². The highest BCUT2D eigenvalue weighted by atomic mass is 16.5. The molecule has 0 bridgehead atoms. The number of aliphatic imine (C=N–C) groups is 1. The minimum atomic E-state index is 0.600. The summed E-state index contributed by atoms with van der Waals surface area (Å²) in [6, 6.07) is 16.3. The van der Waals surface area contributed by atoms with Crippen LogP contribution < -0.4 is 20.1 Å². The second-order valence-corrected chi connectivity index (χ2v) is 7.03. The van der Waals surface area contributed by atoms with Gasteiger partial charge in [-0.05, 0) is 48.2 Å². The van der Waals surface area contributed by atoms with Gasteiger partial charge < -0.3 is 20.1 Å². The maximum absolute atomic E-state index is 5.39. The van der Waals surface area contributed by atoms with E-state index >= 15 is 0 Å². The molecule has 3 aromatic rings. The van der Waals surface area contributed by atoms with E-state index < -0.39 is 0 Å². The van der Waals surface area contributed by atoms with Crippen molar-refractivity contribution in [1.82, 2.24) is 20.4 Å². The molecular formula is C24H31N5O2. The quantitative estimate of drug-likeness (QED) is 0.388. The largest absolute Gasteiger partial charge is 0.493 e. The van der Waals surface area contributed by atoms with Gasteiger partial charge in [0.2, 0.25) is 0 Å². The molecule has 0 radical (unpaired) electrons. The van der Waals surface area contributed by atoms with E-state index in [-0.39, 0.29) is 0 Å². The number of ether oxygens (including phenoxy) is 2. The second-order valence-electron chi connectivity index (χ2n) is 7.03. The first-order valence-electron chi connectivity index (χ1n) is 10.5. The van der Waals surface area contributed by atoms with Crippen LogP contribution >= 0.6 is 0 Å². The van der Waals surface area contributed by atoms with Crippen molar-refractivity contribution in [2.45, 2.75) is 26.4 Å². The van der Waals surface area contributed by atoms with Gasteiger partial charge in [-0.25, -0.2) is 4.99 Å². The van der Waals surface area contributed by atoms with Crippen LogP contribution in [-0.4, -0.2) is 43.0 Å². The molecule has 31 heavy (non-hydrogen) atoms. The smallest absolute Gasteiger partial charge is 0.191 e. The molecule has 164 valence electrons. The van der Waals surface area contributed by atoms with Gasteiger partial charge in [-0.1, -0.05) is 30.3 Å². The maximum Gasteiger partial charge on any atom is 0.191 e. The lowest BCUT2D eigenvalue weighted by atomic mass is 10.1. The Morgan fingerprint density at radius 2 is 1.81 bits per heavy atom. The molecule has 0 aliphatic carbocycles. The van der Waals surface area contributed by atoms with E-state index in [1.54, 1.807) is 20.4 Å². The Morgan fingerprint density at radius 3 is 2.52 bits per heavy atom. The molecule has 0 saturated heterocycles. The van der Waals surface area contributed by atoms with E-state index in [1.165, 1.54) is 16.7 Å². The van der Waals surface area contributed by atoms with Gasteiger partial charge in [-0.2, -0.15) is 5.10 Å². The highest BCUT2D eigenvalue weighted by molar-refractivity contribution is 5.79. The highest BCUT2D eigenvalue weighted by Gasteiger charge is 2.06. The monoisotopic (exact) mass is 421 g/mol. The molecule has 0 unspecified atom stereocenters. The van der Waals surface area contributed by atoms with Crippen LogP contribution in [0.5, 0.6) is 11.5 Å². The van der Waals surface area contributed by atoms with E-state index in [9.17, 15) is 0 Å². The zero-order valence-electron chi connectivity index (χ0n) is 18.5. The first-order chi connectivity index (χ1) is 15.2. The fourth-order valence-corrected chi connectivity index (χ4v) is 3.30. The molecule has 7 nitrogen and oxygen atoms in total. The predicted octanol–water partition coefficient (Wildman–Crippen LogP) is 3.25. The molecule has 1 aromatic heterocycles. The number of guanidine groups is 1. The second kappa shape index (κ2) is 11.6. The molecular weight excluding hydrogens is 390 g/mol. The minimum Gasteiger partial charge on any atom is -0.493 e. The number of aromatic nitrogens is 2. The number of benzene rings is 2. The van der Waals surface area contributed by atoms with Gasteiger partial charge in [0.25, 0.3) is 0 Å². The third kappa shape index (κ3) is 6.50. The fourth-order valence-electron chi connectivity index (χ4n) is 3.30. The van der Waals surface area contributed by atoms with Gasteiger partial charge in [0.15, 0.2) is 17.5 Å². The van der Waals surface area contributed by atoms with Gasteiger partial charge in [0.1, 0.15) is 0 Å². The van der Waals surface area contributed by atoms with E-state index in [0.717, 1.165) is 43.5 Å². The highest BCUT2D eigenvalue weighted by Crippen LogP contribution is 2.27. The lowest BCUT2D eigenvalue weighted by Gasteiger charge is -2.13. The summed E-state index contributed by atoms with van der Waals surface area (Å²) in [5, 5.41) is 11.1. The number of hydrogen-bond donors (Lipinski definition) is 2. The van der Waals surface area contributed by atoms with Crippen LogP contribution in [0.15, 0.2) is 65.9 Å². The third-order valence-corrected chi connectivity index (χ3v) is 4.92. The summed E-state index contributed by atoms with van der Waals surface area (Å²) in [7, 11) is 3.30. The minimum absolute atomic E-state index is 0.600. The standard InChI is InChI=1S/C24H31N5O2/c1-4-25-24(26-14-12-19-10-11-22(30-2)23(16-19)31-3)27-17-20-8-5-6-9-21(20)18-29-15-7-13-28-29/h5-11,13,15-16H,4,12,14,17-18H2,1-3H3,(H2,25,26,27). The Bertz CT molecular complexity index is 970. The zero-order valence-corrected chi connectivity index (χ0v) is 18.5. The van der Waals surface area contributed by atoms with Crippen LogP contribution in [0.4, 0.5) is 0 Å². The van der Waals surface area contributed by atoms with Crippen LogP contribution in [-0.2, 0) is 19.5 Å². The van der Waals surface area contributed by atoms with Crippen molar-refractivity contribution in [2.24, 2.45) is 4.99 Å². The van der Waals surface area contributed by atoms with Crippen LogP contribution in [0, 0.1) is 0 Å². The van der Waals surface area contributed by atoms with E-state index in [2.05, 4.69) is 53.0 Å². The summed E-state index contributed by atoms with van der Waals surface area (Å²) < 4.78 is 12.6. The van der Waals surface area contributed by atoms with Crippen molar-refractivity contribution >= 4 is 5.96 Å². The Labute approximate surface area is 184 Å². The van der Waals surface area contributed by atoms with E-state index in [0.29, 0.717) is 6.54 Å². The molecule has 2 N–H and O–H groups in total. The fraction of sp³-hybridized carbons (Fsp3) is 0.333. The summed E-state index contributed by atoms with van der Waals surface area (Å²) in [6.45, 7) is 4.97. The molecule has 0 amide bonds. The van der Waals surface area contributed by atoms with Gasteiger partial charge in [-0.15, -0.1) is 0 Å². The van der Waals surface area contributed by atoms with Gasteiger partial charge in [0, 0.05) is 25.5 Å². The molecule has 0 fully saturated rings. The van der Waals surface area contributed by atoms with Crippen molar-refractivity contribution in [2.75, 3.05) is 27.3 Å². The Balaban J connectivity index is 1.61. The first kappa shape index (κ1) is 22.2. The lowest BCUT2D eigenvalue weighted by molar-refractivity contribution is 0.354. The van der Waals surface area contributed by atoms with Crippen molar-refractivity contribution in [3.8, 4) is 11.5 Å². The summed E-state index contributed by atoms with van der Waals surface area (Å²) in [4.78, 5) is 4.79. The molecule has 0 saturated carbocycles. The van der Waals surface area contributed by atoms with Crippen molar-refractivity contribution < 1.29 is 9.47 Å². The number of nitrogens with zero attached hydrogens (tertiary/aromatic N) is 3. The molecule has 7 heteroatoms. The van der Waals surface area contributed by atoms with Gasteiger partial charge in [0.05, 0.1) is 27.3 Å². The van der Waals surface area contributed by atoms with E-state index in [1.807, 2.05) is 29.1 Å². The first-order valence-corrected chi connectivity index (χ1v) is 10.5. The summed E-state index contributed by atoms with van der Waals surface area (Å²) >= 11 is 0. The number of rotatable bonds is 10. The van der Waals surface area contributed by atoms with Crippen LogP contribution in [0.2, 0.25) is 0 Å². The SMILES string of the molecule is CCNC(=NCc1ccccc1Cn1cccn1)NCCc1ccc(OC)c(OC)c1. The molecule has 0 aliphatic heterocycles. The average molecular weight is 422 g/mol. The van der Waals surface area contributed by atoms with Gasteiger partial charge in [-0.3, -0.25) is 4.68 Å². The Kier molecular flexibility index (Phi) is 8.34. The van der Waals surface area contributed by atoms with Crippen LogP contribution in [0.1, 0.15) is 23.6 Å². The summed E-state index contributed by atoms with van der Waals surface area (Å²) in [5.74, 6) is 2.29. The molecule has 0 aliphatic rings. The Morgan fingerprint density at radius 1 is 1.00 bits per heavy atom. The third-order valence-electron chi connectivity index (χ3n) is 4.92. The molecule has 1 heterocycles. The van der Waals surface area contributed by atoms with Crippen molar-refractivity contribution in [3.63, 3.8) is 0 Å². The Hall–Kier alpha value is -3.48. The number of methoxy groups -OCH3 is 2. The molecule has 0 spiro atoms. The predicted molar refractivity (Wildman–Crippen MR) is 124 cm³/mol. The topological polar surface area (TPSA) is 72.7 Å². The normalized spacial score (nSPS) is 11.3. The lowest BCUT2D eigenvalue weighted by Crippen LogP contribution is -2.38. The van der Waals surface area contributed by atoms with E-state index in [4.69, 9.17) is 14.5 Å². The maximum atomic E-state index is 5.39. The van der Waals surface area contributed by atoms with Crippen LogP contribution in [0.3, 0.4) is 0 Å². The van der Waals surface area contributed by atoms with Crippen LogP contribution in [0.25, 0.3) is 0 Å². The average Bonchev–Trinajstić information content (AvgIpc) is 3.31.